The van der Waals surface area contributed by atoms with E-state index in [1.54, 1.807) is 0 Å². The summed E-state index contributed by atoms with van der Waals surface area (Å²) in [7, 11) is 0. The van der Waals surface area contributed by atoms with Crippen LogP contribution < -0.4 is 0 Å². The molecule has 0 spiro atoms. The molecular formula is C9H15Cl. The molecule has 2 atom stereocenters. The molecule has 0 aromatic carbocycles. The Morgan fingerprint density at radius 2 is 2.10 bits per heavy atom. The first-order valence-electron chi connectivity index (χ1n) is 3.76. The molecule has 0 aliphatic heterocycles. The van der Waals surface area contributed by atoms with Gasteiger partial charge >= 0.3 is 0 Å². The second kappa shape index (κ2) is 5.62. The number of halogens is 1. The van der Waals surface area contributed by atoms with Crippen molar-refractivity contribution in [2.75, 3.05) is 0 Å². The highest BCUT2D eigenvalue weighted by molar-refractivity contribution is 6.20. The number of hydrogen-bond acceptors (Lipinski definition) is 0. The molecule has 1 heteroatoms. The zero-order valence-electron chi connectivity index (χ0n) is 6.95. The van der Waals surface area contributed by atoms with Crippen molar-refractivity contribution in [1.82, 2.24) is 0 Å². The molecule has 0 aromatic heterocycles. The van der Waals surface area contributed by atoms with Gasteiger partial charge < -0.3 is 0 Å². The summed E-state index contributed by atoms with van der Waals surface area (Å²) in [5.41, 5.74) is 0. The van der Waals surface area contributed by atoms with Crippen LogP contribution in [0.1, 0.15) is 33.6 Å². The van der Waals surface area contributed by atoms with Gasteiger partial charge in [0.25, 0.3) is 0 Å². The van der Waals surface area contributed by atoms with E-state index in [4.69, 9.17) is 11.6 Å². The predicted molar refractivity (Wildman–Crippen MR) is 47.2 cm³/mol. The third-order valence-corrected chi connectivity index (χ3v) is 2.32. The third-order valence-electron chi connectivity index (χ3n) is 1.74. The molecule has 2 unspecified atom stereocenters. The Hall–Kier alpha value is -0.150. The van der Waals surface area contributed by atoms with Crippen molar-refractivity contribution >= 4 is 11.6 Å². The molecule has 0 N–H and O–H groups in total. The van der Waals surface area contributed by atoms with Gasteiger partial charge in [-0.25, -0.2) is 0 Å². The standard InChI is InChI=1S/C9H15Cl/c1-4-6-7-9(10)8(3)5-2/h8-9H,5,7H2,1-3H3. The maximum Gasteiger partial charge on any atom is 0.0470 e. The summed E-state index contributed by atoms with van der Waals surface area (Å²) in [5, 5.41) is 0.234. The smallest absolute Gasteiger partial charge is 0.0470 e. The molecule has 0 aliphatic carbocycles. The van der Waals surface area contributed by atoms with E-state index in [1.165, 1.54) is 0 Å². The number of alkyl halides is 1. The second-order valence-corrected chi connectivity index (χ2v) is 3.09. The van der Waals surface area contributed by atoms with Gasteiger partial charge in [0.15, 0.2) is 0 Å². The Labute approximate surface area is 69.0 Å². The minimum absolute atomic E-state index is 0.234. The van der Waals surface area contributed by atoms with Crippen LogP contribution in [0.3, 0.4) is 0 Å². The van der Waals surface area contributed by atoms with Gasteiger partial charge in [-0.05, 0) is 12.8 Å². The molecule has 0 saturated heterocycles. The minimum Gasteiger partial charge on any atom is -0.122 e. The Balaban J connectivity index is 3.57. The Morgan fingerprint density at radius 3 is 2.50 bits per heavy atom. The maximum atomic E-state index is 6.01. The molecule has 0 nitrogen and oxygen atoms in total. The average molecular weight is 159 g/mol. The van der Waals surface area contributed by atoms with Gasteiger partial charge in [0.2, 0.25) is 0 Å². The maximum absolute atomic E-state index is 6.01. The summed E-state index contributed by atoms with van der Waals surface area (Å²) >= 11 is 6.01. The molecule has 58 valence electrons. The molecule has 0 bridgehead atoms. The highest BCUT2D eigenvalue weighted by atomic mass is 35.5. The normalized spacial score (nSPS) is 15.2. The van der Waals surface area contributed by atoms with Crippen molar-refractivity contribution in [3.05, 3.63) is 0 Å². The average Bonchev–Trinajstić information content (AvgIpc) is 1.98. The van der Waals surface area contributed by atoms with E-state index in [0.717, 1.165) is 12.8 Å². The fourth-order valence-electron chi connectivity index (χ4n) is 0.657. The van der Waals surface area contributed by atoms with Gasteiger partial charge in [-0.3, -0.25) is 0 Å². The van der Waals surface area contributed by atoms with E-state index >= 15 is 0 Å². The van der Waals surface area contributed by atoms with Crippen LogP contribution in [-0.4, -0.2) is 5.38 Å². The minimum atomic E-state index is 0.234. The van der Waals surface area contributed by atoms with Crippen LogP contribution in [0, 0.1) is 17.8 Å². The lowest BCUT2D eigenvalue weighted by atomic mass is 10.0. The van der Waals surface area contributed by atoms with Crippen molar-refractivity contribution < 1.29 is 0 Å². The molecule has 0 aliphatic rings. The Morgan fingerprint density at radius 1 is 1.50 bits per heavy atom. The van der Waals surface area contributed by atoms with Gasteiger partial charge in [-0.2, -0.15) is 0 Å². The summed E-state index contributed by atoms with van der Waals surface area (Å²) in [5.74, 6) is 6.41. The topological polar surface area (TPSA) is 0 Å². The monoisotopic (exact) mass is 158 g/mol. The highest BCUT2D eigenvalue weighted by Crippen LogP contribution is 2.16. The van der Waals surface area contributed by atoms with Crippen LogP contribution in [0.25, 0.3) is 0 Å². The van der Waals surface area contributed by atoms with Crippen LogP contribution in [0.2, 0.25) is 0 Å². The lowest BCUT2D eigenvalue weighted by molar-refractivity contribution is 0.533. The first kappa shape index (κ1) is 9.85. The predicted octanol–water partition coefficient (Wildman–Crippen LogP) is 3.05. The molecule has 0 saturated carbocycles. The van der Waals surface area contributed by atoms with Gasteiger partial charge in [0.1, 0.15) is 0 Å². The zero-order valence-corrected chi connectivity index (χ0v) is 7.70. The summed E-state index contributed by atoms with van der Waals surface area (Å²) in [6.45, 7) is 6.16. The largest absolute Gasteiger partial charge is 0.122 e. The van der Waals surface area contributed by atoms with Gasteiger partial charge in [0.05, 0.1) is 0 Å². The van der Waals surface area contributed by atoms with Crippen LogP contribution in [0.4, 0.5) is 0 Å². The van der Waals surface area contributed by atoms with Crippen LogP contribution in [0.15, 0.2) is 0 Å². The van der Waals surface area contributed by atoms with Gasteiger partial charge in [0, 0.05) is 11.8 Å². The molecule has 0 radical (unpaired) electrons. The second-order valence-electron chi connectivity index (χ2n) is 2.53. The van der Waals surface area contributed by atoms with Crippen molar-refractivity contribution in [2.24, 2.45) is 5.92 Å². The van der Waals surface area contributed by atoms with Crippen molar-refractivity contribution in [1.29, 1.82) is 0 Å². The fourth-order valence-corrected chi connectivity index (χ4v) is 0.912. The summed E-state index contributed by atoms with van der Waals surface area (Å²) in [6, 6.07) is 0. The summed E-state index contributed by atoms with van der Waals surface area (Å²) < 4.78 is 0. The van der Waals surface area contributed by atoms with Crippen molar-refractivity contribution in [3.63, 3.8) is 0 Å². The van der Waals surface area contributed by atoms with E-state index in [2.05, 4.69) is 25.7 Å². The third kappa shape index (κ3) is 3.80. The first-order valence-corrected chi connectivity index (χ1v) is 4.19. The number of rotatable bonds is 3. The van der Waals surface area contributed by atoms with Crippen LogP contribution >= 0.6 is 11.6 Å². The summed E-state index contributed by atoms with van der Waals surface area (Å²) in [4.78, 5) is 0. The highest BCUT2D eigenvalue weighted by Gasteiger charge is 2.09. The zero-order chi connectivity index (χ0) is 7.98. The molecular weight excluding hydrogens is 144 g/mol. The van der Waals surface area contributed by atoms with E-state index < -0.39 is 0 Å². The van der Waals surface area contributed by atoms with Gasteiger partial charge in [-0.15, -0.1) is 23.4 Å². The molecule has 10 heavy (non-hydrogen) atoms. The van der Waals surface area contributed by atoms with E-state index in [1.807, 2.05) is 6.92 Å². The van der Waals surface area contributed by atoms with E-state index in [0.29, 0.717) is 5.92 Å². The van der Waals surface area contributed by atoms with E-state index in [9.17, 15) is 0 Å². The van der Waals surface area contributed by atoms with Gasteiger partial charge in [-0.1, -0.05) is 20.3 Å². The molecule has 0 amide bonds. The van der Waals surface area contributed by atoms with Crippen molar-refractivity contribution in [2.45, 2.75) is 39.0 Å². The first-order chi connectivity index (χ1) is 4.72. The fraction of sp³-hybridized carbons (Fsp3) is 0.778. The van der Waals surface area contributed by atoms with Crippen molar-refractivity contribution in [3.8, 4) is 11.8 Å². The molecule has 0 aromatic rings. The SMILES string of the molecule is CC#CCC(Cl)C(C)CC. The Bertz CT molecular complexity index is 129. The lowest BCUT2D eigenvalue weighted by Gasteiger charge is -2.12. The lowest BCUT2D eigenvalue weighted by Crippen LogP contribution is -2.08. The number of hydrogen-bond donors (Lipinski definition) is 0. The summed E-state index contributed by atoms with van der Waals surface area (Å²) in [6.07, 6.45) is 1.96. The Kier molecular flexibility index (Phi) is 5.54. The van der Waals surface area contributed by atoms with Crippen LogP contribution in [-0.2, 0) is 0 Å². The van der Waals surface area contributed by atoms with E-state index in [-0.39, 0.29) is 5.38 Å². The molecule has 0 fully saturated rings. The van der Waals surface area contributed by atoms with Crippen LogP contribution in [0.5, 0.6) is 0 Å². The quantitative estimate of drug-likeness (QED) is 0.438. The molecule has 0 heterocycles. The molecule has 0 rings (SSSR count).